The van der Waals surface area contributed by atoms with Gasteiger partial charge in [0.1, 0.15) is 11.2 Å². The van der Waals surface area contributed by atoms with E-state index in [4.69, 9.17) is 4.42 Å². The summed E-state index contributed by atoms with van der Waals surface area (Å²) in [6, 6.07) is 46.0. The van der Waals surface area contributed by atoms with Crippen molar-refractivity contribution in [3.05, 3.63) is 133 Å². The predicted molar refractivity (Wildman–Crippen MR) is 162 cm³/mol. The van der Waals surface area contributed by atoms with Crippen molar-refractivity contribution >= 4 is 54.3 Å². The zero-order chi connectivity index (χ0) is 25.2. The van der Waals surface area contributed by atoms with Gasteiger partial charge in [-0.1, -0.05) is 115 Å². The molecule has 1 heterocycles. The van der Waals surface area contributed by atoms with E-state index >= 15 is 0 Å². The average molecular weight is 485 g/mol. The molecule has 1 nitrogen and oxygen atoms in total. The molecule has 178 valence electrons. The fraction of sp³-hybridized carbons (Fsp3) is 0.0270. The lowest BCUT2D eigenvalue weighted by Gasteiger charge is -2.19. The summed E-state index contributed by atoms with van der Waals surface area (Å²) in [5, 5.41) is 9.90. The summed E-state index contributed by atoms with van der Waals surface area (Å²) in [4.78, 5) is 0. The van der Waals surface area contributed by atoms with Crippen LogP contribution in [-0.2, 0) is 0 Å². The smallest absolute Gasteiger partial charge is 0.136 e. The molecule has 0 saturated carbocycles. The van der Waals surface area contributed by atoms with Crippen LogP contribution in [0.2, 0.25) is 0 Å². The van der Waals surface area contributed by atoms with E-state index in [9.17, 15) is 0 Å². The van der Waals surface area contributed by atoms with Gasteiger partial charge in [0.25, 0.3) is 0 Å². The Kier molecular flexibility index (Phi) is 4.50. The van der Waals surface area contributed by atoms with E-state index in [0.29, 0.717) is 0 Å². The van der Waals surface area contributed by atoms with Crippen LogP contribution in [0.3, 0.4) is 0 Å². The maximum absolute atomic E-state index is 6.30. The van der Waals surface area contributed by atoms with Gasteiger partial charge in [-0.2, -0.15) is 0 Å². The van der Waals surface area contributed by atoms with E-state index in [1.54, 1.807) is 0 Å². The number of fused-ring (bicyclic) bond motifs is 6. The SMILES string of the molecule is Cc1ccc2c(-c3ccc4ccccc4c3)c3ccccc3c(-c3cccc4oc5ccccc5c34)c2c1. The number of benzene rings is 7. The first-order valence-corrected chi connectivity index (χ1v) is 13.1. The van der Waals surface area contributed by atoms with Gasteiger partial charge in [-0.25, -0.2) is 0 Å². The van der Waals surface area contributed by atoms with Gasteiger partial charge in [0.2, 0.25) is 0 Å². The van der Waals surface area contributed by atoms with Crippen LogP contribution in [-0.4, -0.2) is 0 Å². The lowest BCUT2D eigenvalue weighted by molar-refractivity contribution is 0.669. The standard InChI is InChI=1S/C37H24O/c1-23-17-20-29-32(21-23)36(31-14-8-16-34-37(31)30-13-6-7-15-33(30)38-34)28-12-5-4-11-27(28)35(29)26-19-18-24-9-2-3-10-25(24)22-26/h2-22H,1H3. The van der Waals surface area contributed by atoms with Crippen LogP contribution in [0.1, 0.15) is 5.56 Å². The molecule has 0 unspecified atom stereocenters. The molecule has 0 aliphatic heterocycles. The minimum atomic E-state index is 0.923. The number of rotatable bonds is 2. The van der Waals surface area contributed by atoms with Crippen molar-refractivity contribution in [1.82, 2.24) is 0 Å². The lowest BCUT2D eigenvalue weighted by Crippen LogP contribution is -1.92. The third-order valence-electron chi connectivity index (χ3n) is 7.89. The molecule has 0 N–H and O–H groups in total. The zero-order valence-corrected chi connectivity index (χ0v) is 21.0. The molecule has 0 bridgehead atoms. The second-order valence-electron chi connectivity index (χ2n) is 10.2. The monoisotopic (exact) mass is 484 g/mol. The molecule has 7 aromatic carbocycles. The Morgan fingerprint density at radius 2 is 1.13 bits per heavy atom. The van der Waals surface area contributed by atoms with Crippen LogP contribution in [0.5, 0.6) is 0 Å². The molecule has 0 spiro atoms. The molecule has 0 amide bonds. The Morgan fingerprint density at radius 1 is 0.447 bits per heavy atom. The highest BCUT2D eigenvalue weighted by Gasteiger charge is 2.20. The molecule has 1 heteroatoms. The molecule has 8 aromatic rings. The Bertz CT molecular complexity index is 2200. The van der Waals surface area contributed by atoms with Gasteiger partial charge in [-0.05, 0) is 79.7 Å². The molecule has 0 fully saturated rings. The van der Waals surface area contributed by atoms with Crippen LogP contribution < -0.4 is 0 Å². The van der Waals surface area contributed by atoms with Crippen molar-refractivity contribution in [2.24, 2.45) is 0 Å². The van der Waals surface area contributed by atoms with Gasteiger partial charge in [0, 0.05) is 10.8 Å². The second-order valence-corrected chi connectivity index (χ2v) is 10.2. The van der Waals surface area contributed by atoms with Crippen molar-refractivity contribution in [1.29, 1.82) is 0 Å². The lowest BCUT2D eigenvalue weighted by atomic mass is 9.84. The molecule has 0 aliphatic carbocycles. The van der Waals surface area contributed by atoms with Crippen molar-refractivity contribution in [2.75, 3.05) is 0 Å². The van der Waals surface area contributed by atoms with E-state index in [2.05, 4.69) is 128 Å². The molecule has 0 aliphatic rings. The van der Waals surface area contributed by atoms with Gasteiger partial charge >= 0.3 is 0 Å². The van der Waals surface area contributed by atoms with Gasteiger partial charge in [-0.3, -0.25) is 0 Å². The van der Waals surface area contributed by atoms with E-state index in [-0.39, 0.29) is 0 Å². The number of furan rings is 1. The highest BCUT2D eigenvalue weighted by molar-refractivity contribution is 6.25. The third kappa shape index (κ3) is 3.06. The summed E-state index contributed by atoms with van der Waals surface area (Å²) < 4.78 is 6.30. The Morgan fingerprint density at radius 3 is 2.00 bits per heavy atom. The molecule has 1 aromatic heterocycles. The van der Waals surface area contributed by atoms with Gasteiger partial charge in [0.15, 0.2) is 0 Å². The normalized spacial score (nSPS) is 11.8. The Balaban J connectivity index is 1.56. The Labute approximate surface area is 220 Å². The highest BCUT2D eigenvalue weighted by Crippen LogP contribution is 2.47. The van der Waals surface area contributed by atoms with Crippen LogP contribution >= 0.6 is 0 Å². The van der Waals surface area contributed by atoms with Gasteiger partial charge < -0.3 is 4.42 Å². The van der Waals surface area contributed by atoms with E-state index in [1.165, 1.54) is 65.5 Å². The van der Waals surface area contributed by atoms with Crippen LogP contribution in [0.25, 0.3) is 76.5 Å². The van der Waals surface area contributed by atoms with Crippen LogP contribution in [0, 0.1) is 6.92 Å². The minimum absolute atomic E-state index is 0.923. The topological polar surface area (TPSA) is 13.1 Å². The fourth-order valence-corrected chi connectivity index (χ4v) is 6.22. The van der Waals surface area contributed by atoms with E-state index in [0.717, 1.165) is 16.6 Å². The average Bonchev–Trinajstić information content (AvgIpc) is 3.35. The first kappa shape index (κ1) is 21.2. The first-order chi connectivity index (χ1) is 18.8. The predicted octanol–water partition coefficient (Wildman–Crippen LogP) is 10.7. The van der Waals surface area contributed by atoms with Crippen molar-refractivity contribution in [2.45, 2.75) is 6.92 Å². The molecule has 0 saturated heterocycles. The van der Waals surface area contributed by atoms with Crippen LogP contribution in [0.4, 0.5) is 0 Å². The molecule has 0 atom stereocenters. The second kappa shape index (κ2) is 8.06. The summed E-state index contributed by atoms with van der Waals surface area (Å²) in [5.74, 6) is 0. The van der Waals surface area contributed by atoms with E-state index < -0.39 is 0 Å². The molecular weight excluding hydrogens is 460 g/mol. The third-order valence-corrected chi connectivity index (χ3v) is 7.89. The van der Waals surface area contributed by atoms with Crippen molar-refractivity contribution in [3.8, 4) is 22.3 Å². The summed E-state index contributed by atoms with van der Waals surface area (Å²) in [7, 11) is 0. The summed E-state index contributed by atoms with van der Waals surface area (Å²) >= 11 is 0. The largest absolute Gasteiger partial charge is 0.456 e. The number of hydrogen-bond acceptors (Lipinski definition) is 1. The van der Waals surface area contributed by atoms with Gasteiger partial charge in [-0.15, -0.1) is 0 Å². The van der Waals surface area contributed by atoms with Crippen molar-refractivity contribution in [3.63, 3.8) is 0 Å². The molecule has 8 rings (SSSR count). The molecule has 0 radical (unpaired) electrons. The molecule has 38 heavy (non-hydrogen) atoms. The number of para-hydroxylation sites is 1. The number of aryl methyl sites for hydroxylation is 1. The van der Waals surface area contributed by atoms with E-state index in [1.807, 2.05) is 6.07 Å². The minimum Gasteiger partial charge on any atom is -0.456 e. The van der Waals surface area contributed by atoms with Crippen molar-refractivity contribution < 1.29 is 4.42 Å². The quantitative estimate of drug-likeness (QED) is 0.222. The highest BCUT2D eigenvalue weighted by atomic mass is 16.3. The number of hydrogen-bond donors (Lipinski definition) is 0. The van der Waals surface area contributed by atoms with Gasteiger partial charge in [0.05, 0.1) is 0 Å². The fourth-order valence-electron chi connectivity index (χ4n) is 6.22. The van der Waals surface area contributed by atoms with Crippen LogP contribution in [0.15, 0.2) is 132 Å². The first-order valence-electron chi connectivity index (χ1n) is 13.1. The summed E-state index contributed by atoms with van der Waals surface area (Å²) in [5.41, 5.74) is 8.11. The summed E-state index contributed by atoms with van der Waals surface area (Å²) in [6.07, 6.45) is 0. The molecular formula is C37H24O. The Hall–Kier alpha value is -4.88. The maximum atomic E-state index is 6.30. The zero-order valence-electron chi connectivity index (χ0n) is 21.0. The maximum Gasteiger partial charge on any atom is 0.136 e. The summed E-state index contributed by atoms with van der Waals surface area (Å²) in [6.45, 7) is 2.18.